The molecule has 0 saturated heterocycles. The Hall–Kier alpha value is -1.59. The Morgan fingerprint density at radius 2 is 1.79 bits per heavy atom. The van der Waals surface area contributed by atoms with Crippen LogP contribution in [0.3, 0.4) is 0 Å². The van der Waals surface area contributed by atoms with E-state index in [-0.39, 0.29) is 4.90 Å². The van der Waals surface area contributed by atoms with Gasteiger partial charge >= 0.3 is 0 Å². The van der Waals surface area contributed by atoms with Crippen molar-refractivity contribution < 1.29 is 8.42 Å². The molecule has 0 spiro atoms. The van der Waals surface area contributed by atoms with Crippen LogP contribution < -0.4 is 10.5 Å². The molecule has 0 amide bonds. The van der Waals surface area contributed by atoms with E-state index in [9.17, 15) is 8.42 Å². The predicted octanol–water partition coefficient (Wildman–Crippen LogP) is 2.50. The van der Waals surface area contributed by atoms with Gasteiger partial charge in [-0.2, -0.15) is 0 Å². The van der Waals surface area contributed by atoms with E-state index in [1.54, 1.807) is 18.2 Å². The average Bonchev–Trinajstić information content (AvgIpc) is 2.39. The molecular weight excluding hydrogens is 260 g/mol. The van der Waals surface area contributed by atoms with Crippen LogP contribution in [0.25, 0.3) is 10.8 Å². The minimum Gasteiger partial charge on any atom is -0.398 e. The topological polar surface area (TPSA) is 72.2 Å². The van der Waals surface area contributed by atoms with Crippen molar-refractivity contribution in [2.45, 2.75) is 24.7 Å². The van der Waals surface area contributed by atoms with Gasteiger partial charge in [0.1, 0.15) is 0 Å². The first-order valence-corrected chi connectivity index (χ1v) is 7.81. The van der Waals surface area contributed by atoms with Crippen LogP contribution in [0.4, 0.5) is 5.69 Å². The van der Waals surface area contributed by atoms with Crippen LogP contribution in [-0.2, 0) is 10.0 Å². The van der Waals surface area contributed by atoms with Crippen molar-refractivity contribution in [3.63, 3.8) is 0 Å². The van der Waals surface area contributed by atoms with E-state index in [0.29, 0.717) is 17.6 Å². The van der Waals surface area contributed by atoms with Gasteiger partial charge in [0.15, 0.2) is 0 Å². The second kappa shape index (κ2) is 5.59. The summed E-state index contributed by atoms with van der Waals surface area (Å²) in [6.07, 6.45) is 1.77. The highest BCUT2D eigenvalue weighted by Crippen LogP contribution is 2.27. The van der Waals surface area contributed by atoms with E-state index in [4.69, 9.17) is 5.73 Å². The minimum absolute atomic E-state index is 0.286. The lowest BCUT2D eigenvalue weighted by Gasteiger charge is -2.10. The Balaban J connectivity index is 2.48. The summed E-state index contributed by atoms with van der Waals surface area (Å²) in [5.74, 6) is 0. The summed E-state index contributed by atoms with van der Waals surface area (Å²) in [6.45, 7) is 2.48. The van der Waals surface area contributed by atoms with Crippen LogP contribution in [0.2, 0.25) is 0 Å². The summed E-state index contributed by atoms with van der Waals surface area (Å²) in [5, 5.41) is 1.42. The molecule has 5 heteroatoms. The van der Waals surface area contributed by atoms with Crippen molar-refractivity contribution in [1.29, 1.82) is 0 Å². The second-order valence-electron chi connectivity index (χ2n) is 4.45. The Morgan fingerprint density at radius 3 is 2.47 bits per heavy atom. The molecule has 102 valence electrons. The Morgan fingerprint density at radius 1 is 1.11 bits per heavy atom. The summed E-state index contributed by atoms with van der Waals surface area (Å²) in [5.41, 5.74) is 6.46. The quantitative estimate of drug-likeness (QED) is 0.652. The van der Waals surface area contributed by atoms with Gasteiger partial charge in [-0.15, -0.1) is 0 Å². The van der Waals surface area contributed by atoms with Gasteiger partial charge in [0, 0.05) is 23.0 Å². The summed E-state index contributed by atoms with van der Waals surface area (Å²) in [4.78, 5) is 0.286. The Kier molecular flexibility index (Phi) is 4.07. The van der Waals surface area contributed by atoms with E-state index in [1.807, 2.05) is 25.1 Å². The van der Waals surface area contributed by atoms with E-state index < -0.39 is 10.0 Å². The fourth-order valence-electron chi connectivity index (χ4n) is 1.99. The number of nitrogens with two attached hydrogens (primary N) is 1. The highest BCUT2D eigenvalue weighted by Gasteiger charge is 2.17. The first kappa shape index (κ1) is 13.8. The lowest BCUT2D eigenvalue weighted by Crippen LogP contribution is -2.25. The number of anilines is 1. The van der Waals surface area contributed by atoms with Crippen LogP contribution in [-0.4, -0.2) is 15.0 Å². The minimum atomic E-state index is -3.48. The normalized spacial score (nSPS) is 11.8. The molecule has 2 aromatic rings. The zero-order valence-corrected chi connectivity index (χ0v) is 11.7. The SMILES string of the molecule is CCCCNS(=O)(=O)c1ccc(N)c2ccccc12. The Labute approximate surface area is 113 Å². The van der Waals surface area contributed by atoms with Gasteiger partial charge in [0.05, 0.1) is 4.90 Å². The Bertz CT molecular complexity index is 681. The summed E-state index contributed by atoms with van der Waals surface area (Å²) in [7, 11) is -3.48. The van der Waals surface area contributed by atoms with Gasteiger partial charge in [0.2, 0.25) is 10.0 Å². The van der Waals surface area contributed by atoms with E-state index >= 15 is 0 Å². The molecule has 0 atom stereocenters. The van der Waals surface area contributed by atoms with E-state index in [0.717, 1.165) is 18.2 Å². The highest BCUT2D eigenvalue weighted by atomic mass is 32.2. The average molecular weight is 278 g/mol. The molecule has 0 unspecified atom stereocenters. The van der Waals surface area contributed by atoms with Crippen LogP contribution in [0.15, 0.2) is 41.3 Å². The van der Waals surface area contributed by atoms with E-state index in [2.05, 4.69) is 4.72 Å². The molecule has 19 heavy (non-hydrogen) atoms. The molecule has 0 saturated carbocycles. The number of fused-ring (bicyclic) bond motifs is 1. The fraction of sp³-hybridized carbons (Fsp3) is 0.286. The summed E-state index contributed by atoms with van der Waals surface area (Å²) < 4.78 is 27.2. The zero-order chi connectivity index (χ0) is 13.9. The lowest BCUT2D eigenvalue weighted by atomic mass is 10.1. The summed E-state index contributed by atoms with van der Waals surface area (Å²) in [6, 6.07) is 10.5. The van der Waals surface area contributed by atoms with Crippen LogP contribution >= 0.6 is 0 Å². The zero-order valence-electron chi connectivity index (χ0n) is 10.9. The van der Waals surface area contributed by atoms with Crippen molar-refractivity contribution in [2.24, 2.45) is 0 Å². The molecule has 0 aliphatic carbocycles. The third-order valence-corrected chi connectivity index (χ3v) is 4.55. The van der Waals surface area contributed by atoms with E-state index in [1.165, 1.54) is 0 Å². The number of hydrogen-bond acceptors (Lipinski definition) is 3. The second-order valence-corrected chi connectivity index (χ2v) is 6.19. The monoisotopic (exact) mass is 278 g/mol. The molecule has 0 bridgehead atoms. The van der Waals surface area contributed by atoms with Crippen molar-refractivity contribution >= 4 is 26.5 Å². The van der Waals surface area contributed by atoms with Gasteiger partial charge in [-0.3, -0.25) is 0 Å². The first-order valence-electron chi connectivity index (χ1n) is 6.33. The van der Waals surface area contributed by atoms with Gasteiger partial charge in [-0.05, 0) is 18.6 Å². The number of nitrogens with one attached hydrogen (secondary N) is 1. The van der Waals surface area contributed by atoms with Gasteiger partial charge in [-0.1, -0.05) is 37.6 Å². The van der Waals surface area contributed by atoms with Crippen LogP contribution in [0.5, 0.6) is 0 Å². The standard InChI is InChI=1S/C14H18N2O2S/c1-2-3-10-16-19(17,18)14-9-8-13(15)11-6-4-5-7-12(11)14/h4-9,16H,2-3,10,15H2,1H3. The van der Waals surface area contributed by atoms with Gasteiger partial charge < -0.3 is 5.73 Å². The maximum Gasteiger partial charge on any atom is 0.241 e. The number of nitrogen functional groups attached to an aromatic ring is 1. The molecule has 0 aliphatic rings. The predicted molar refractivity (Wildman–Crippen MR) is 78.5 cm³/mol. The molecule has 4 nitrogen and oxygen atoms in total. The van der Waals surface area contributed by atoms with Crippen LogP contribution in [0, 0.1) is 0 Å². The molecule has 2 rings (SSSR count). The number of rotatable bonds is 5. The molecule has 0 aromatic heterocycles. The van der Waals surface area contributed by atoms with Crippen molar-refractivity contribution in [1.82, 2.24) is 4.72 Å². The highest BCUT2D eigenvalue weighted by molar-refractivity contribution is 7.89. The van der Waals surface area contributed by atoms with Gasteiger partial charge in [-0.25, -0.2) is 13.1 Å². The molecular formula is C14H18N2O2S. The van der Waals surface area contributed by atoms with Gasteiger partial charge in [0.25, 0.3) is 0 Å². The molecule has 0 heterocycles. The molecule has 0 radical (unpaired) electrons. The third kappa shape index (κ3) is 2.88. The number of hydrogen-bond donors (Lipinski definition) is 2. The molecule has 0 fully saturated rings. The van der Waals surface area contributed by atoms with Crippen molar-refractivity contribution in [3.8, 4) is 0 Å². The molecule has 2 aromatic carbocycles. The lowest BCUT2D eigenvalue weighted by molar-refractivity contribution is 0.579. The smallest absolute Gasteiger partial charge is 0.241 e. The van der Waals surface area contributed by atoms with Crippen molar-refractivity contribution in [3.05, 3.63) is 36.4 Å². The maximum atomic E-state index is 12.3. The van der Waals surface area contributed by atoms with Crippen LogP contribution in [0.1, 0.15) is 19.8 Å². The first-order chi connectivity index (χ1) is 9.06. The largest absolute Gasteiger partial charge is 0.398 e. The number of sulfonamides is 1. The molecule has 3 N–H and O–H groups in total. The number of benzene rings is 2. The summed E-state index contributed by atoms with van der Waals surface area (Å²) >= 11 is 0. The van der Waals surface area contributed by atoms with Crippen molar-refractivity contribution in [2.75, 3.05) is 12.3 Å². The maximum absolute atomic E-state index is 12.3. The number of unbranched alkanes of at least 4 members (excludes halogenated alkanes) is 1. The fourth-order valence-corrected chi connectivity index (χ4v) is 3.27. The third-order valence-electron chi connectivity index (χ3n) is 3.03. The molecule has 0 aliphatic heterocycles.